The fraction of sp³-hybridized carbons (Fsp3) is 0.750. The van der Waals surface area contributed by atoms with Gasteiger partial charge in [-0.25, -0.2) is 0 Å². The normalized spacial score (nSPS) is 45.8. The van der Waals surface area contributed by atoms with Crippen LogP contribution in [0.1, 0.15) is 40.0 Å². The summed E-state index contributed by atoms with van der Waals surface area (Å²) in [6, 6.07) is 0. The SMILES string of the molecule is COC(=O)[C@@]12C[C@]1(C)[C@H]1CC(C)(C)C[C@H]1C=C2C=O. The highest BCUT2D eigenvalue weighted by Gasteiger charge is 2.77. The molecule has 0 bridgehead atoms. The first-order valence-corrected chi connectivity index (χ1v) is 7.07. The fourth-order valence-electron chi connectivity index (χ4n) is 4.98. The Hall–Kier alpha value is -1.12. The van der Waals surface area contributed by atoms with Gasteiger partial charge >= 0.3 is 5.97 Å². The minimum atomic E-state index is -0.648. The van der Waals surface area contributed by atoms with Gasteiger partial charge < -0.3 is 4.74 Å². The summed E-state index contributed by atoms with van der Waals surface area (Å²) in [6.45, 7) is 6.73. The highest BCUT2D eigenvalue weighted by Crippen LogP contribution is 2.78. The van der Waals surface area contributed by atoms with E-state index >= 15 is 0 Å². The van der Waals surface area contributed by atoms with Crippen molar-refractivity contribution in [2.24, 2.45) is 28.1 Å². The van der Waals surface area contributed by atoms with E-state index in [4.69, 9.17) is 4.74 Å². The molecule has 2 saturated carbocycles. The lowest BCUT2D eigenvalue weighted by molar-refractivity contribution is -0.148. The van der Waals surface area contributed by atoms with Crippen LogP contribution in [0.4, 0.5) is 0 Å². The Morgan fingerprint density at radius 1 is 1.37 bits per heavy atom. The molecule has 0 saturated heterocycles. The predicted molar refractivity (Wildman–Crippen MR) is 71.3 cm³/mol. The van der Waals surface area contributed by atoms with Crippen molar-refractivity contribution in [2.45, 2.75) is 40.0 Å². The molecule has 2 fully saturated rings. The van der Waals surface area contributed by atoms with E-state index < -0.39 is 5.41 Å². The Balaban J connectivity index is 2.07. The van der Waals surface area contributed by atoms with Crippen LogP contribution in [0.3, 0.4) is 0 Å². The second kappa shape index (κ2) is 3.50. The summed E-state index contributed by atoms with van der Waals surface area (Å²) in [5.74, 6) is 0.724. The zero-order chi connectivity index (χ0) is 14.1. The van der Waals surface area contributed by atoms with Crippen molar-refractivity contribution in [1.29, 1.82) is 0 Å². The van der Waals surface area contributed by atoms with Crippen LogP contribution in [0.5, 0.6) is 0 Å². The molecule has 0 aromatic rings. The van der Waals surface area contributed by atoms with Gasteiger partial charge in [-0.1, -0.05) is 26.8 Å². The summed E-state index contributed by atoms with van der Waals surface area (Å²) in [5.41, 5.74) is 0.243. The first-order chi connectivity index (χ1) is 8.80. The van der Waals surface area contributed by atoms with E-state index in [1.54, 1.807) is 0 Å². The third-order valence-corrected chi connectivity index (χ3v) is 5.93. The van der Waals surface area contributed by atoms with Gasteiger partial charge in [-0.2, -0.15) is 0 Å². The summed E-state index contributed by atoms with van der Waals surface area (Å²) in [4.78, 5) is 23.7. The molecule has 3 aliphatic carbocycles. The van der Waals surface area contributed by atoms with Crippen LogP contribution in [0.25, 0.3) is 0 Å². The fourth-order valence-corrected chi connectivity index (χ4v) is 4.98. The first-order valence-electron chi connectivity index (χ1n) is 7.07. The Morgan fingerprint density at radius 2 is 2.05 bits per heavy atom. The Morgan fingerprint density at radius 3 is 2.63 bits per heavy atom. The summed E-state index contributed by atoms with van der Waals surface area (Å²) in [7, 11) is 1.42. The number of carbonyl (C=O) groups excluding carboxylic acids is 2. The van der Waals surface area contributed by atoms with Crippen molar-refractivity contribution in [1.82, 2.24) is 0 Å². The van der Waals surface area contributed by atoms with Gasteiger partial charge in [0.2, 0.25) is 0 Å². The van der Waals surface area contributed by atoms with Gasteiger partial charge in [0.1, 0.15) is 11.7 Å². The van der Waals surface area contributed by atoms with Crippen LogP contribution in [0.15, 0.2) is 11.6 Å². The second-order valence-corrected chi connectivity index (χ2v) is 7.57. The van der Waals surface area contributed by atoms with Gasteiger partial charge in [0.25, 0.3) is 0 Å². The van der Waals surface area contributed by atoms with Crippen LogP contribution in [0, 0.1) is 28.1 Å². The summed E-state index contributed by atoms with van der Waals surface area (Å²) in [6.07, 6.45) is 5.97. The number of ether oxygens (including phenoxy) is 1. The minimum absolute atomic E-state index is 0.0798. The molecule has 3 rings (SSSR count). The Bertz CT molecular complexity index is 490. The van der Waals surface area contributed by atoms with E-state index in [1.807, 2.05) is 0 Å². The molecule has 0 aromatic heterocycles. The molecule has 0 N–H and O–H groups in total. The summed E-state index contributed by atoms with van der Waals surface area (Å²) in [5, 5.41) is 0. The van der Waals surface area contributed by atoms with Crippen molar-refractivity contribution in [3.05, 3.63) is 11.6 Å². The predicted octanol–water partition coefficient (Wildman–Crippen LogP) is 2.75. The van der Waals surface area contributed by atoms with E-state index in [-0.39, 0.29) is 11.4 Å². The van der Waals surface area contributed by atoms with Gasteiger partial charge in [-0.3, -0.25) is 9.59 Å². The van der Waals surface area contributed by atoms with Crippen molar-refractivity contribution in [2.75, 3.05) is 7.11 Å². The van der Waals surface area contributed by atoms with Gasteiger partial charge in [0, 0.05) is 5.57 Å². The molecule has 3 heteroatoms. The average Bonchev–Trinajstić information content (AvgIpc) is 2.88. The molecule has 0 aliphatic heterocycles. The van der Waals surface area contributed by atoms with Crippen LogP contribution in [0.2, 0.25) is 0 Å². The number of rotatable bonds is 2. The van der Waals surface area contributed by atoms with Crippen molar-refractivity contribution < 1.29 is 14.3 Å². The number of esters is 1. The third kappa shape index (κ3) is 1.39. The molecular formula is C16H22O3. The summed E-state index contributed by atoms with van der Waals surface area (Å²) < 4.78 is 4.99. The van der Waals surface area contributed by atoms with Crippen molar-refractivity contribution in [3.8, 4) is 0 Å². The van der Waals surface area contributed by atoms with Crippen LogP contribution in [-0.2, 0) is 14.3 Å². The molecule has 3 aliphatic rings. The molecular weight excluding hydrogens is 240 g/mol. The maximum Gasteiger partial charge on any atom is 0.316 e. The monoisotopic (exact) mass is 262 g/mol. The Labute approximate surface area is 114 Å². The standard InChI is InChI=1S/C16H22O3/c1-14(2)6-10-5-11(8-17)16(13(18)19-4)9-15(16,3)12(10)7-14/h5,8,10,12H,6-7,9H2,1-4H3/t10-,12+,15-,16+/m1/s1. The van der Waals surface area contributed by atoms with Crippen molar-refractivity contribution in [3.63, 3.8) is 0 Å². The van der Waals surface area contributed by atoms with E-state index in [0.29, 0.717) is 22.8 Å². The number of fused-ring (bicyclic) bond motifs is 3. The van der Waals surface area contributed by atoms with E-state index in [1.165, 1.54) is 7.11 Å². The maximum absolute atomic E-state index is 12.2. The second-order valence-electron chi connectivity index (χ2n) is 7.57. The molecule has 0 spiro atoms. The zero-order valence-electron chi connectivity index (χ0n) is 12.2. The smallest absolute Gasteiger partial charge is 0.316 e. The highest BCUT2D eigenvalue weighted by atomic mass is 16.5. The van der Waals surface area contributed by atoms with Gasteiger partial charge in [0.15, 0.2) is 0 Å². The van der Waals surface area contributed by atoms with Gasteiger partial charge in [-0.15, -0.1) is 0 Å². The van der Waals surface area contributed by atoms with Crippen LogP contribution in [-0.4, -0.2) is 19.4 Å². The number of methoxy groups -OCH3 is 1. The lowest BCUT2D eigenvalue weighted by atomic mass is 9.69. The van der Waals surface area contributed by atoms with E-state index in [2.05, 4.69) is 26.8 Å². The number of hydrogen-bond donors (Lipinski definition) is 0. The third-order valence-electron chi connectivity index (χ3n) is 5.93. The largest absolute Gasteiger partial charge is 0.468 e. The molecule has 19 heavy (non-hydrogen) atoms. The Kier molecular flexibility index (Phi) is 2.37. The lowest BCUT2D eigenvalue weighted by Gasteiger charge is -2.34. The molecule has 0 unspecified atom stereocenters. The zero-order valence-corrected chi connectivity index (χ0v) is 12.2. The molecule has 104 valence electrons. The first kappa shape index (κ1) is 12.9. The lowest BCUT2D eigenvalue weighted by Crippen LogP contribution is -2.35. The van der Waals surface area contributed by atoms with Gasteiger partial charge in [0.05, 0.1) is 7.11 Å². The quantitative estimate of drug-likeness (QED) is 0.567. The number of allylic oxidation sites excluding steroid dienone is 1. The van der Waals surface area contributed by atoms with E-state index in [0.717, 1.165) is 25.5 Å². The number of carbonyl (C=O) groups is 2. The molecule has 0 radical (unpaired) electrons. The van der Waals surface area contributed by atoms with Crippen LogP contribution >= 0.6 is 0 Å². The molecule has 0 aromatic carbocycles. The van der Waals surface area contributed by atoms with Gasteiger partial charge in [-0.05, 0) is 41.9 Å². The molecule has 0 amide bonds. The highest BCUT2D eigenvalue weighted by molar-refractivity contribution is 5.95. The van der Waals surface area contributed by atoms with Crippen LogP contribution < -0.4 is 0 Å². The average molecular weight is 262 g/mol. The molecule has 4 atom stereocenters. The minimum Gasteiger partial charge on any atom is -0.468 e. The molecule has 0 heterocycles. The maximum atomic E-state index is 12.2. The molecule has 3 nitrogen and oxygen atoms in total. The topological polar surface area (TPSA) is 43.4 Å². The summed E-state index contributed by atoms with van der Waals surface area (Å²) >= 11 is 0. The van der Waals surface area contributed by atoms with E-state index in [9.17, 15) is 9.59 Å². The number of aldehydes is 1. The number of hydrogen-bond acceptors (Lipinski definition) is 3. The van der Waals surface area contributed by atoms with Crippen molar-refractivity contribution >= 4 is 12.3 Å².